The lowest BCUT2D eigenvalue weighted by Gasteiger charge is -2.46. The van der Waals surface area contributed by atoms with E-state index < -0.39 is 58.6 Å². The molecule has 6 aliphatic rings. The number of aliphatic hydroxyl groups excluding tert-OH is 1. The number of esters is 2. The Morgan fingerprint density at radius 3 is 2.54 bits per heavy atom. The van der Waals surface area contributed by atoms with E-state index in [1.165, 1.54) is 0 Å². The second-order valence-corrected chi connectivity index (χ2v) is 10.7. The quantitative estimate of drug-likeness (QED) is 0.558. The zero-order valence-corrected chi connectivity index (χ0v) is 16.4. The van der Waals surface area contributed by atoms with Crippen LogP contribution in [0.1, 0.15) is 40.5 Å². The Balaban J connectivity index is 1.69. The number of carbonyl (C=O) groups excluding carboxylic acids is 2. The highest BCUT2D eigenvalue weighted by atomic mass is 16.8. The van der Waals surface area contributed by atoms with Gasteiger partial charge in [0, 0.05) is 5.92 Å². The number of hydrogen-bond acceptors (Lipinski definition) is 8. The number of rotatable bonds is 0. The van der Waals surface area contributed by atoms with E-state index >= 15 is 0 Å². The minimum atomic E-state index is -1.70. The van der Waals surface area contributed by atoms with Gasteiger partial charge in [-0.25, -0.2) is 9.59 Å². The van der Waals surface area contributed by atoms with E-state index in [0.29, 0.717) is 19.4 Å². The molecular weight excluding hydrogens is 368 g/mol. The lowest BCUT2D eigenvalue weighted by atomic mass is 9.51. The molecule has 2 aliphatic carbocycles. The summed E-state index contributed by atoms with van der Waals surface area (Å²) in [4.78, 5) is 25.8. The summed E-state index contributed by atoms with van der Waals surface area (Å²) in [5.41, 5.74) is -5.83. The predicted molar refractivity (Wildman–Crippen MR) is 90.5 cm³/mol. The maximum atomic E-state index is 13.3. The zero-order valence-electron chi connectivity index (χ0n) is 16.4. The summed E-state index contributed by atoms with van der Waals surface area (Å²) in [7, 11) is 0. The Hall–Kier alpha value is -1.22. The van der Waals surface area contributed by atoms with Gasteiger partial charge in [-0.1, -0.05) is 27.7 Å². The van der Waals surface area contributed by atoms with Crippen LogP contribution in [0.25, 0.3) is 0 Å². The van der Waals surface area contributed by atoms with Gasteiger partial charge < -0.3 is 29.2 Å². The highest BCUT2D eigenvalue weighted by molar-refractivity contribution is 5.90. The number of fused-ring (bicyclic) bond motifs is 1. The van der Waals surface area contributed by atoms with E-state index in [1.54, 1.807) is 0 Å². The summed E-state index contributed by atoms with van der Waals surface area (Å²) in [6, 6.07) is 0. The van der Waals surface area contributed by atoms with E-state index in [-0.39, 0.29) is 17.3 Å². The average Bonchev–Trinajstić information content (AvgIpc) is 3.31. The first-order chi connectivity index (χ1) is 13.0. The molecule has 6 fully saturated rings. The number of carbonyl (C=O) groups is 2. The van der Waals surface area contributed by atoms with Crippen molar-refractivity contribution < 1.29 is 38.7 Å². The molecule has 6 rings (SSSR count). The molecule has 4 aliphatic heterocycles. The van der Waals surface area contributed by atoms with Crippen molar-refractivity contribution in [3.05, 3.63) is 0 Å². The number of aliphatic hydroxyl groups is 2. The number of ether oxygens (including phenoxy) is 4. The molecule has 2 spiro atoms. The Kier molecular flexibility index (Phi) is 2.79. The minimum Gasteiger partial charge on any atom is -0.459 e. The molecule has 8 heteroatoms. The van der Waals surface area contributed by atoms with Gasteiger partial charge in [-0.05, 0) is 24.2 Å². The van der Waals surface area contributed by atoms with E-state index in [1.807, 2.05) is 27.7 Å². The maximum Gasteiger partial charge on any atom is 0.342 e. The molecule has 8 nitrogen and oxygen atoms in total. The van der Waals surface area contributed by atoms with E-state index in [4.69, 9.17) is 18.9 Å². The fraction of sp³-hybridized carbons (Fsp3) is 0.900. The van der Waals surface area contributed by atoms with Crippen LogP contribution in [0.15, 0.2) is 0 Å². The Labute approximate surface area is 162 Å². The molecule has 0 aromatic heterocycles. The predicted octanol–water partition coefficient (Wildman–Crippen LogP) is 0.133. The van der Waals surface area contributed by atoms with Crippen LogP contribution in [0.4, 0.5) is 0 Å². The first-order valence-electron chi connectivity index (χ1n) is 10.1. The van der Waals surface area contributed by atoms with E-state index in [0.717, 1.165) is 0 Å². The van der Waals surface area contributed by atoms with Crippen LogP contribution in [-0.4, -0.2) is 64.6 Å². The lowest BCUT2D eigenvalue weighted by Crippen LogP contribution is -2.66. The molecule has 0 amide bonds. The Morgan fingerprint density at radius 2 is 1.86 bits per heavy atom. The van der Waals surface area contributed by atoms with Crippen LogP contribution in [-0.2, 0) is 28.5 Å². The lowest BCUT2D eigenvalue weighted by molar-refractivity contribution is -0.238. The summed E-state index contributed by atoms with van der Waals surface area (Å²) in [5.74, 6) is -1.92. The van der Waals surface area contributed by atoms with Crippen molar-refractivity contribution in [3.8, 4) is 0 Å². The third kappa shape index (κ3) is 1.28. The largest absolute Gasteiger partial charge is 0.459 e. The molecule has 28 heavy (non-hydrogen) atoms. The fourth-order valence-corrected chi connectivity index (χ4v) is 8.16. The third-order valence-corrected chi connectivity index (χ3v) is 8.99. The molecule has 2 saturated carbocycles. The molecule has 0 aromatic rings. The molecule has 2 N–H and O–H groups in total. The van der Waals surface area contributed by atoms with Crippen molar-refractivity contribution in [2.45, 2.75) is 76.3 Å². The second-order valence-electron chi connectivity index (χ2n) is 10.7. The average molecular weight is 394 g/mol. The SMILES string of the molecule is C[C@@H]1CO[C@H]2C[C@]34[C@H]5C[C@@H](C(C)(C)C)[C@@]36[C@@H](OC(=O)[C@@H]6O)O[C@@]4(C(=O)O5)[C@@]12O. The van der Waals surface area contributed by atoms with Gasteiger partial charge in [0.25, 0.3) is 0 Å². The molecule has 0 radical (unpaired) electrons. The van der Waals surface area contributed by atoms with Gasteiger partial charge in [-0.3, -0.25) is 0 Å². The molecule has 0 bridgehead atoms. The van der Waals surface area contributed by atoms with E-state index in [2.05, 4.69) is 0 Å². The van der Waals surface area contributed by atoms with Gasteiger partial charge in [0.1, 0.15) is 11.7 Å². The van der Waals surface area contributed by atoms with Crippen LogP contribution in [0, 0.1) is 28.1 Å². The van der Waals surface area contributed by atoms with Crippen molar-refractivity contribution in [1.29, 1.82) is 0 Å². The summed E-state index contributed by atoms with van der Waals surface area (Å²) in [6.07, 6.45) is -2.93. The van der Waals surface area contributed by atoms with Crippen LogP contribution >= 0.6 is 0 Å². The Morgan fingerprint density at radius 1 is 1.14 bits per heavy atom. The monoisotopic (exact) mass is 394 g/mol. The van der Waals surface area contributed by atoms with Gasteiger partial charge >= 0.3 is 11.9 Å². The minimum absolute atomic E-state index is 0.204. The molecule has 4 heterocycles. The van der Waals surface area contributed by atoms with Gasteiger partial charge in [-0.2, -0.15) is 0 Å². The summed E-state index contributed by atoms with van der Waals surface area (Å²) in [5, 5.41) is 23.1. The summed E-state index contributed by atoms with van der Waals surface area (Å²) < 4.78 is 23.6. The maximum absolute atomic E-state index is 13.3. The molecule has 0 aromatic carbocycles. The van der Waals surface area contributed by atoms with Crippen LogP contribution in [0.5, 0.6) is 0 Å². The van der Waals surface area contributed by atoms with Gasteiger partial charge in [0.15, 0.2) is 6.10 Å². The van der Waals surface area contributed by atoms with Crippen LogP contribution in [0.3, 0.4) is 0 Å². The zero-order chi connectivity index (χ0) is 20.1. The van der Waals surface area contributed by atoms with Crippen LogP contribution in [0.2, 0.25) is 0 Å². The van der Waals surface area contributed by atoms with Gasteiger partial charge in [-0.15, -0.1) is 0 Å². The standard InChI is InChI=1S/C20H26O8/c1-8-7-25-11-6-17-10-5-9(16(2,3)4)18(17)12(21)13(22)27-15(18)28-20(17,14(23)26-10)19(8,11)24/h8-12,15,21,24H,5-7H2,1-4H3/t8-,9+,10-,11+,12+,15+,17+,18-,19-,20-/m1/s1. The first-order valence-corrected chi connectivity index (χ1v) is 10.1. The van der Waals surface area contributed by atoms with Crippen molar-refractivity contribution in [2.24, 2.45) is 28.1 Å². The number of hydrogen-bond donors (Lipinski definition) is 2. The van der Waals surface area contributed by atoms with Crippen molar-refractivity contribution >= 4 is 11.9 Å². The smallest absolute Gasteiger partial charge is 0.342 e. The molecule has 4 saturated heterocycles. The molecule has 0 unspecified atom stereocenters. The van der Waals surface area contributed by atoms with Crippen molar-refractivity contribution in [1.82, 2.24) is 0 Å². The molecule has 10 atom stereocenters. The molecular formula is C20H26O8. The van der Waals surface area contributed by atoms with E-state index in [9.17, 15) is 19.8 Å². The fourth-order valence-electron chi connectivity index (χ4n) is 8.16. The molecule has 154 valence electrons. The van der Waals surface area contributed by atoms with Crippen molar-refractivity contribution in [2.75, 3.05) is 6.61 Å². The topological polar surface area (TPSA) is 112 Å². The summed E-state index contributed by atoms with van der Waals surface area (Å²) >= 11 is 0. The van der Waals surface area contributed by atoms with Crippen LogP contribution < -0.4 is 0 Å². The van der Waals surface area contributed by atoms with Gasteiger partial charge in [0.2, 0.25) is 11.9 Å². The highest BCUT2D eigenvalue weighted by Crippen LogP contribution is 2.84. The normalized spacial score (nSPS) is 61.1. The Bertz CT molecular complexity index is 820. The highest BCUT2D eigenvalue weighted by Gasteiger charge is 3.00. The first kappa shape index (κ1) is 17.6. The summed E-state index contributed by atoms with van der Waals surface area (Å²) in [6.45, 7) is 8.27. The third-order valence-electron chi connectivity index (χ3n) is 8.99. The second kappa shape index (κ2) is 4.43. The van der Waals surface area contributed by atoms with Gasteiger partial charge in [0.05, 0.1) is 23.5 Å². The van der Waals surface area contributed by atoms with Crippen molar-refractivity contribution in [3.63, 3.8) is 0 Å².